The lowest BCUT2D eigenvalue weighted by Gasteiger charge is -2.20. The third-order valence-electron chi connectivity index (χ3n) is 4.14. The predicted molar refractivity (Wildman–Crippen MR) is 110 cm³/mol. The summed E-state index contributed by atoms with van der Waals surface area (Å²) in [5.41, 5.74) is 1.79. The van der Waals surface area contributed by atoms with E-state index in [1.165, 1.54) is 6.20 Å². The second-order valence-electron chi connectivity index (χ2n) is 7.62. The zero-order valence-electron chi connectivity index (χ0n) is 17.0. The highest BCUT2D eigenvalue weighted by molar-refractivity contribution is 6.05. The first-order chi connectivity index (χ1) is 13.7. The van der Waals surface area contributed by atoms with Gasteiger partial charge in [-0.05, 0) is 51.5 Å². The minimum absolute atomic E-state index is 0.0693. The van der Waals surface area contributed by atoms with Crippen LogP contribution in [0.15, 0.2) is 54.9 Å². The molecule has 0 saturated heterocycles. The molecule has 0 spiro atoms. The average molecular weight is 392 g/mol. The Labute approximate surface area is 169 Å². The molecule has 1 amide bonds. The van der Waals surface area contributed by atoms with Gasteiger partial charge in [0.05, 0.1) is 23.9 Å². The number of esters is 1. The molecule has 3 aromatic rings. The molecule has 0 unspecified atom stereocenters. The van der Waals surface area contributed by atoms with Gasteiger partial charge in [-0.1, -0.05) is 24.3 Å². The fourth-order valence-corrected chi connectivity index (χ4v) is 2.86. The molecule has 29 heavy (non-hydrogen) atoms. The number of rotatable bonds is 5. The summed E-state index contributed by atoms with van der Waals surface area (Å²) < 4.78 is 7.00. The maximum Gasteiger partial charge on any atom is 0.310 e. The Hall–Kier alpha value is -3.48. The van der Waals surface area contributed by atoms with Crippen molar-refractivity contribution in [3.8, 4) is 5.82 Å². The van der Waals surface area contributed by atoms with Gasteiger partial charge in [0.25, 0.3) is 5.91 Å². The van der Waals surface area contributed by atoms with E-state index in [0.717, 1.165) is 0 Å². The Morgan fingerprint density at radius 2 is 1.83 bits per heavy atom. The van der Waals surface area contributed by atoms with Crippen LogP contribution in [0.25, 0.3) is 5.82 Å². The molecule has 7 nitrogen and oxygen atoms in total. The highest BCUT2D eigenvalue weighted by atomic mass is 16.6. The number of hydrogen-bond acceptors (Lipinski definition) is 5. The number of nitrogens with zero attached hydrogens (tertiary/aromatic N) is 3. The Bertz CT molecular complexity index is 1020. The van der Waals surface area contributed by atoms with Crippen molar-refractivity contribution < 1.29 is 14.3 Å². The number of carbonyl (C=O) groups is 2. The van der Waals surface area contributed by atoms with Crippen molar-refractivity contribution in [2.75, 3.05) is 5.32 Å². The second-order valence-corrected chi connectivity index (χ2v) is 7.62. The van der Waals surface area contributed by atoms with Crippen LogP contribution in [0.3, 0.4) is 0 Å². The maximum atomic E-state index is 12.8. The molecule has 2 heterocycles. The van der Waals surface area contributed by atoms with Gasteiger partial charge in [-0.15, -0.1) is 0 Å². The first kappa shape index (κ1) is 20.3. The number of pyridine rings is 1. The van der Waals surface area contributed by atoms with Crippen molar-refractivity contribution in [2.45, 2.75) is 39.7 Å². The number of nitrogens with one attached hydrogen (secondary N) is 1. The van der Waals surface area contributed by atoms with Crippen LogP contribution in [0.5, 0.6) is 0 Å². The molecule has 0 fully saturated rings. The Kier molecular flexibility index (Phi) is 5.77. The normalized spacial score (nSPS) is 11.2. The van der Waals surface area contributed by atoms with Gasteiger partial charge < -0.3 is 10.1 Å². The molecule has 150 valence electrons. The van der Waals surface area contributed by atoms with Gasteiger partial charge in [-0.25, -0.2) is 9.67 Å². The largest absolute Gasteiger partial charge is 0.460 e. The van der Waals surface area contributed by atoms with E-state index in [0.29, 0.717) is 28.3 Å². The van der Waals surface area contributed by atoms with E-state index >= 15 is 0 Å². The van der Waals surface area contributed by atoms with E-state index in [4.69, 9.17) is 4.74 Å². The molecule has 1 N–H and O–H groups in total. The summed E-state index contributed by atoms with van der Waals surface area (Å²) in [5.74, 6) is -0.0194. The van der Waals surface area contributed by atoms with Gasteiger partial charge in [0.15, 0.2) is 5.82 Å². The zero-order valence-corrected chi connectivity index (χ0v) is 17.0. The van der Waals surface area contributed by atoms with Gasteiger partial charge in [-0.3, -0.25) is 9.59 Å². The molecule has 0 aliphatic carbocycles. The summed E-state index contributed by atoms with van der Waals surface area (Å²) in [4.78, 5) is 29.3. The van der Waals surface area contributed by atoms with Crippen LogP contribution in [-0.2, 0) is 16.0 Å². The first-order valence-corrected chi connectivity index (χ1v) is 9.32. The lowest BCUT2D eigenvalue weighted by molar-refractivity contribution is -0.153. The molecule has 3 rings (SSSR count). The molecule has 2 aromatic heterocycles. The highest BCUT2D eigenvalue weighted by Gasteiger charge is 2.20. The summed E-state index contributed by atoms with van der Waals surface area (Å²) in [7, 11) is 0. The van der Waals surface area contributed by atoms with E-state index < -0.39 is 5.60 Å². The van der Waals surface area contributed by atoms with Gasteiger partial charge >= 0.3 is 5.97 Å². The monoisotopic (exact) mass is 392 g/mol. The van der Waals surface area contributed by atoms with Crippen molar-refractivity contribution in [1.82, 2.24) is 14.8 Å². The molecular formula is C22H24N4O3. The van der Waals surface area contributed by atoms with E-state index in [1.54, 1.807) is 29.1 Å². The molecule has 7 heteroatoms. The van der Waals surface area contributed by atoms with E-state index in [-0.39, 0.29) is 18.3 Å². The summed E-state index contributed by atoms with van der Waals surface area (Å²) in [6.45, 7) is 7.27. The summed E-state index contributed by atoms with van der Waals surface area (Å²) >= 11 is 0. The van der Waals surface area contributed by atoms with Crippen LogP contribution in [0, 0.1) is 6.92 Å². The number of para-hydroxylation sites is 1. The number of aromatic nitrogens is 3. The Morgan fingerprint density at radius 1 is 1.10 bits per heavy atom. The third-order valence-corrected chi connectivity index (χ3v) is 4.14. The smallest absolute Gasteiger partial charge is 0.310 e. The van der Waals surface area contributed by atoms with E-state index in [2.05, 4.69) is 15.4 Å². The molecule has 0 saturated carbocycles. The molecule has 0 bridgehead atoms. The predicted octanol–water partition coefficient (Wildman–Crippen LogP) is 3.71. The molecule has 0 aliphatic heterocycles. The molecule has 0 aliphatic rings. The quantitative estimate of drug-likeness (QED) is 0.669. The fraction of sp³-hybridized carbons (Fsp3) is 0.273. The lowest BCUT2D eigenvalue weighted by Crippen LogP contribution is -2.25. The Morgan fingerprint density at radius 3 is 2.52 bits per heavy atom. The van der Waals surface area contributed by atoms with Crippen molar-refractivity contribution >= 4 is 17.6 Å². The van der Waals surface area contributed by atoms with Crippen LogP contribution in [0.1, 0.15) is 42.4 Å². The van der Waals surface area contributed by atoms with Crippen LogP contribution in [0.2, 0.25) is 0 Å². The number of benzene rings is 1. The van der Waals surface area contributed by atoms with Gasteiger partial charge in [0.1, 0.15) is 5.60 Å². The number of hydrogen-bond donors (Lipinski definition) is 1. The van der Waals surface area contributed by atoms with Crippen LogP contribution in [-0.4, -0.2) is 32.2 Å². The molecule has 0 radical (unpaired) electrons. The van der Waals surface area contributed by atoms with Crippen LogP contribution in [0.4, 0.5) is 5.69 Å². The van der Waals surface area contributed by atoms with Gasteiger partial charge in [0.2, 0.25) is 0 Å². The minimum Gasteiger partial charge on any atom is -0.460 e. The fourth-order valence-electron chi connectivity index (χ4n) is 2.86. The maximum absolute atomic E-state index is 12.8. The topological polar surface area (TPSA) is 86.1 Å². The SMILES string of the molecule is Cc1c(C(=O)Nc2ccccc2CC(=O)OC(C)(C)C)cnn1-c1ccccn1. The molecule has 1 aromatic carbocycles. The summed E-state index contributed by atoms with van der Waals surface area (Å²) in [6, 6.07) is 12.7. The van der Waals surface area contributed by atoms with Gasteiger partial charge in [-0.2, -0.15) is 5.10 Å². The second kappa shape index (κ2) is 8.26. The van der Waals surface area contributed by atoms with Crippen molar-refractivity contribution in [2.24, 2.45) is 0 Å². The van der Waals surface area contributed by atoms with Crippen LogP contribution < -0.4 is 5.32 Å². The third kappa shape index (κ3) is 5.07. The highest BCUT2D eigenvalue weighted by Crippen LogP contribution is 2.20. The Balaban J connectivity index is 1.78. The lowest BCUT2D eigenvalue weighted by atomic mass is 10.1. The molecule has 0 atom stereocenters. The molecular weight excluding hydrogens is 368 g/mol. The number of carbonyl (C=O) groups excluding carboxylic acids is 2. The minimum atomic E-state index is -0.563. The number of ether oxygens (including phenoxy) is 1. The van der Waals surface area contributed by atoms with Crippen molar-refractivity contribution in [3.63, 3.8) is 0 Å². The number of anilines is 1. The standard InChI is InChI=1S/C22H24N4O3/c1-15-17(14-24-26(15)19-11-7-8-12-23-19)21(28)25-18-10-6-5-9-16(18)13-20(27)29-22(2,3)4/h5-12,14H,13H2,1-4H3,(H,25,28). The van der Waals surface area contributed by atoms with Crippen molar-refractivity contribution in [1.29, 1.82) is 0 Å². The number of amides is 1. The average Bonchev–Trinajstić information content (AvgIpc) is 3.04. The zero-order chi connectivity index (χ0) is 21.0. The van der Waals surface area contributed by atoms with Crippen LogP contribution >= 0.6 is 0 Å². The first-order valence-electron chi connectivity index (χ1n) is 9.32. The van der Waals surface area contributed by atoms with E-state index in [1.807, 2.05) is 52.0 Å². The summed E-state index contributed by atoms with van der Waals surface area (Å²) in [5, 5.41) is 7.16. The van der Waals surface area contributed by atoms with E-state index in [9.17, 15) is 9.59 Å². The van der Waals surface area contributed by atoms with Crippen molar-refractivity contribution in [3.05, 3.63) is 71.7 Å². The summed E-state index contributed by atoms with van der Waals surface area (Å²) in [6.07, 6.45) is 3.25. The van der Waals surface area contributed by atoms with Gasteiger partial charge in [0, 0.05) is 11.9 Å².